The summed E-state index contributed by atoms with van der Waals surface area (Å²) in [5.41, 5.74) is 6.74. The molecule has 5 rings (SSSR count). The van der Waals surface area contributed by atoms with E-state index in [0.29, 0.717) is 67.8 Å². The molecule has 0 radical (unpaired) electrons. The van der Waals surface area contributed by atoms with Crippen LogP contribution >= 0.6 is 23.5 Å². The maximum atomic E-state index is 14.7. The van der Waals surface area contributed by atoms with E-state index in [1.807, 2.05) is 91.7 Å². The van der Waals surface area contributed by atoms with Gasteiger partial charge < -0.3 is 76.8 Å². The van der Waals surface area contributed by atoms with Crippen LogP contribution in [0.4, 0.5) is 15.3 Å². The number of carbonyl (C=O) groups excluding carboxylic acids is 11. The summed E-state index contributed by atoms with van der Waals surface area (Å²) in [5, 5.41) is 28.2. The number of primary amides is 1. The summed E-state index contributed by atoms with van der Waals surface area (Å²) < 4.78 is 23.3. The number of thioether (sulfide) groups is 2. The number of hydrogen-bond donors (Lipinski definition) is 9. The first-order valence-electron chi connectivity index (χ1n) is 37.9. The van der Waals surface area contributed by atoms with Gasteiger partial charge in [0, 0.05) is 71.2 Å². The van der Waals surface area contributed by atoms with E-state index in [1.165, 1.54) is 42.6 Å². The van der Waals surface area contributed by atoms with Crippen LogP contribution < -0.4 is 47.7 Å². The fourth-order valence-electron chi connectivity index (χ4n) is 14.2. The molecule has 31 heteroatoms. The number of nitrogens with zero attached hydrogens (tertiary/aromatic N) is 4. The Morgan fingerprint density at radius 1 is 0.750 bits per heavy atom. The molecule has 1 aliphatic carbocycles. The molecule has 2 heterocycles. The van der Waals surface area contributed by atoms with Gasteiger partial charge in [-0.2, -0.15) is 0 Å². The van der Waals surface area contributed by atoms with E-state index >= 15 is 0 Å². The number of alkyl carbamates (subject to hydrolysis) is 1. The average molecular weight is 1550 g/mol. The molecule has 3 fully saturated rings. The molecule has 0 bridgehead atoms. The fourth-order valence-corrected chi connectivity index (χ4v) is 16.8. The molecule has 2 aromatic carbocycles. The van der Waals surface area contributed by atoms with Crippen molar-refractivity contribution in [3.05, 3.63) is 59.7 Å². The van der Waals surface area contributed by atoms with Crippen LogP contribution in [0.25, 0.3) is 0 Å². The van der Waals surface area contributed by atoms with E-state index < -0.39 is 113 Å². The summed E-state index contributed by atoms with van der Waals surface area (Å²) in [6, 6.07) is 8.24. The molecule has 10 N–H and O–H groups in total. The molecule has 4 unspecified atom stereocenters. The number of unbranched alkanes of at least 4 members (excludes halogenated alkanes) is 2. The van der Waals surface area contributed by atoms with Crippen LogP contribution in [0.15, 0.2) is 48.5 Å². The number of ether oxygens (including phenoxy) is 4. The van der Waals surface area contributed by atoms with Gasteiger partial charge in [-0.3, -0.25) is 57.7 Å². The molecule has 29 nitrogen and oxygen atoms in total. The van der Waals surface area contributed by atoms with Crippen LogP contribution in [-0.2, 0) is 68.8 Å². The smallest absolute Gasteiger partial charge is 0.408 e. The molecule has 0 aromatic heterocycles. The van der Waals surface area contributed by atoms with E-state index in [0.717, 1.165) is 18.4 Å². The van der Waals surface area contributed by atoms with Crippen molar-refractivity contribution in [1.82, 2.24) is 51.5 Å². The summed E-state index contributed by atoms with van der Waals surface area (Å²) in [6.07, 6.45) is 3.27. The quantitative estimate of drug-likeness (QED) is 0.0180. The predicted molar refractivity (Wildman–Crippen MR) is 415 cm³/mol. The van der Waals surface area contributed by atoms with Gasteiger partial charge in [-0.25, -0.2) is 9.59 Å². The van der Waals surface area contributed by atoms with Gasteiger partial charge in [0.1, 0.15) is 30.5 Å². The Bertz CT molecular complexity index is 3320. The SMILES string of the molecule is CC[C@H](C)C([C@@H](CC(=O)N1CCC[C@H]1[C@H](OC)[C@@H](C)C(=O)N[C@H](C)C(SCNC(=O)OCc1ccc(NC(=O)C(CCCNC(N)=O)NC(=O)[C@@H](NC(=O)CCCCCN2C(=O)CC(SCC3(CC(=O)O)CC3)C2=O)C(C)C)cc1)c1ccc(OC)cc1)OC)N(C)C(=O)[C@@H](NC(=O)[C@H](C(C)C)N(C)C)C(C)C. The highest BCUT2D eigenvalue weighted by molar-refractivity contribution is 8.00. The molecule has 3 aliphatic rings. The molecule has 2 aromatic rings. The Kier molecular flexibility index (Phi) is 37.2. The minimum Gasteiger partial charge on any atom is -0.497 e. The zero-order valence-electron chi connectivity index (χ0n) is 66.2. The van der Waals surface area contributed by atoms with Crippen molar-refractivity contribution in [2.24, 2.45) is 40.7 Å². The van der Waals surface area contributed by atoms with Crippen LogP contribution in [-0.4, -0.2) is 229 Å². The van der Waals surface area contributed by atoms with Crippen molar-refractivity contribution in [2.75, 3.05) is 79.1 Å². The molecular formula is C77H122N12O17S2. The minimum absolute atomic E-state index is 0.00448. The van der Waals surface area contributed by atoms with Crippen molar-refractivity contribution in [1.29, 1.82) is 0 Å². The van der Waals surface area contributed by atoms with Gasteiger partial charge in [-0.15, -0.1) is 23.5 Å². The van der Waals surface area contributed by atoms with Crippen LogP contribution in [0.5, 0.6) is 5.75 Å². The molecule has 1 saturated carbocycles. The Hall–Kier alpha value is -7.74. The molecule has 604 valence electrons. The lowest BCUT2D eigenvalue weighted by atomic mass is 9.89. The van der Waals surface area contributed by atoms with E-state index in [1.54, 1.807) is 69.0 Å². The van der Waals surface area contributed by atoms with Crippen molar-refractivity contribution in [3.63, 3.8) is 0 Å². The van der Waals surface area contributed by atoms with E-state index in [9.17, 15) is 62.6 Å². The highest BCUT2D eigenvalue weighted by atomic mass is 32.2. The third kappa shape index (κ3) is 27.4. The number of urea groups is 1. The van der Waals surface area contributed by atoms with Crippen molar-refractivity contribution in [2.45, 2.75) is 231 Å². The number of amides is 12. The van der Waals surface area contributed by atoms with E-state index in [4.69, 9.17) is 24.7 Å². The second-order valence-electron chi connectivity index (χ2n) is 30.3. The normalized spacial score (nSPS) is 18.5. The average Bonchev–Trinajstić information content (AvgIpc) is 1.57. The predicted octanol–water partition coefficient (Wildman–Crippen LogP) is 7.19. The van der Waals surface area contributed by atoms with Crippen LogP contribution in [0.3, 0.4) is 0 Å². The summed E-state index contributed by atoms with van der Waals surface area (Å²) in [6.45, 7) is 19.5. The number of carboxylic acids is 1. The van der Waals surface area contributed by atoms with Crippen molar-refractivity contribution in [3.8, 4) is 5.75 Å². The highest BCUT2D eigenvalue weighted by Gasteiger charge is 2.48. The van der Waals surface area contributed by atoms with Crippen LogP contribution in [0, 0.1) is 35.0 Å². The van der Waals surface area contributed by atoms with Gasteiger partial charge in [-0.05, 0) is 137 Å². The van der Waals surface area contributed by atoms with Crippen LogP contribution in [0.2, 0.25) is 0 Å². The number of imide groups is 1. The number of likely N-dealkylation sites (tertiary alicyclic amines) is 2. The van der Waals surface area contributed by atoms with Crippen LogP contribution in [0.1, 0.15) is 176 Å². The number of aliphatic carboxylic acids is 1. The van der Waals surface area contributed by atoms with Crippen molar-refractivity contribution < 1.29 is 81.6 Å². The lowest BCUT2D eigenvalue weighted by Crippen LogP contribution is -2.59. The minimum atomic E-state index is -1.11. The van der Waals surface area contributed by atoms with Crippen molar-refractivity contribution >= 4 is 100 Å². The largest absolute Gasteiger partial charge is 0.497 e. The Balaban J connectivity index is 1.14. The Morgan fingerprint density at radius 3 is 1.99 bits per heavy atom. The highest BCUT2D eigenvalue weighted by Crippen LogP contribution is 2.52. The zero-order valence-corrected chi connectivity index (χ0v) is 67.8. The Labute approximate surface area is 646 Å². The number of nitrogens with two attached hydrogens (primary N) is 1. The van der Waals surface area contributed by atoms with E-state index in [-0.39, 0.29) is 123 Å². The standard InChI is InChI=1S/C77H122N12O17S2/c1-17-48(8)66(87(13)74(100)64(46(4)5)85-72(98)65(47(6)7)86(11)12)57(104-15)39-60(91)88-38-22-24-56(88)67(105-16)49(9)69(95)81-50(10)68(52-28-32-54(103-14)33-29-52)108-44-80-76(102)106-42-51-26-30-53(31-27-51)82-70(96)55(23-21-36-79-75(78)101)83-71(97)63(45(2)3)84-59(90)25-19-18-20-37-89-61(92)40-58(73(89)99)107-43-77(34-35-77)41-62(93)94/h26-33,45-50,55-58,63-68H,17-25,34-44H2,1-16H3,(H,80,102)(H,81,95)(H,82,96)(H,83,97)(H,84,90)(H,85,98)(H,93,94)(H3,78,79,101)/t48-,49+,50+,55?,56-,57+,58?,63-,64-,65-,66?,67+,68?/m0/s1. The number of carboxylic acid groups (broad SMARTS) is 1. The third-order valence-electron chi connectivity index (χ3n) is 20.7. The molecule has 13 atom stereocenters. The summed E-state index contributed by atoms with van der Waals surface area (Å²) in [7, 11) is 10.0. The molecule has 12 amide bonds. The number of anilines is 1. The topological polar surface area (TPSA) is 385 Å². The number of carbonyl (C=O) groups is 12. The lowest BCUT2D eigenvalue weighted by molar-refractivity contribution is -0.148. The third-order valence-corrected chi connectivity index (χ3v) is 23.6. The summed E-state index contributed by atoms with van der Waals surface area (Å²) in [5.74, 6) is -4.28. The number of rotatable bonds is 47. The molecule has 2 saturated heterocycles. The monoisotopic (exact) mass is 1550 g/mol. The molecular weight excluding hydrogens is 1430 g/mol. The van der Waals surface area contributed by atoms with Gasteiger partial charge in [0.05, 0.1) is 72.6 Å². The van der Waals surface area contributed by atoms with Gasteiger partial charge in [0.15, 0.2) is 0 Å². The number of nitrogens with one attached hydrogen (secondary N) is 7. The number of benzene rings is 2. The number of methoxy groups -OCH3 is 3. The van der Waals surface area contributed by atoms with Gasteiger partial charge >= 0.3 is 18.1 Å². The van der Waals surface area contributed by atoms with Gasteiger partial charge in [0.2, 0.25) is 53.2 Å². The summed E-state index contributed by atoms with van der Waals surface area (Å²) >= 11 is 2.71. The maximum Gasteiger partial charge on any atom is 0.408 e. The second kappa shape index (κ2) is 44.2. The summed E-state index contributed by atoms with van der Waals surface area (Å²) in [4.78, 5) is 167. The Morgan fingerprint density at radius 2 is 1.42 bits per heavy atom. The fraction of sp³-hybridized carbons (Fsp3) is 0.688. The molecule has 2 aliphatic heterocycles. The maximum absolute atomic E-state index is 14.7. The van der Waals surface area contributed by atoms with Gasteiger partial charge in [-0.1, -0.05) is 99.4 Å². The lowest BCUT2D eigenvalue weighted by Gasteiger charge is -2.41. The number of hydrogen-bond acceptors (Lipinski definition) is 19. The molecule has 0 spiro atoms. The first kappa shape index (κ1) is 90.9. The second-order valence-corrected chi connectivity index (χ2v) is 32.6. The first-order valence-corrected chi connectivity index (χ1v) is 40.0. The number of likely N-dealkylation sites (N-methyl/N-ethyl adjacent to an activating group) is 2. The van der Waals surface area contributed by atoms with E-state index in [2.05, 4.69) is 37.2 Å². The van der Waals surface area contributed by atoms with Gasteiger partial charge in [0.25, 0.3) is 0 Å². The first-order chi connectivity index (χ1) is 51.1. The molecule has 108 heavy (non-hydrogen) atoms. The zero-order chi connectivity index (χ0) is 80.3.